The van der Waals surface area contributed by atoms with Crippen molar-refractivity contribution < 1.29 is 4.74 Å². The third-order valence-electron chi connectivity index (χ3n) is 2.91. The Morgan fingerprint density at radius 3 is 2.58 bits per heavy atom. The summed E-state index contributed by atoms with van der Waals surface area (Å²) in [4.78, 5) is 0. The lowest BCUT2D eigenvalue weighted by Gasteiger charge is -2.17. The Kier molecular flexibility index (Phi) is 4.02. The number of rotatable bonds is 2. The van der Waals surface area contributed by atoms with Gasteiger partial charge in [0.2, 0.25) is 0 Å². The summed E-state index contributed by atoms with van der Waals surface area (Å²) in [5.74, 6) is 1.71. The molecule has 2 atom stereocenters. The normalized spacial score (nSPS) is 32.0. The second-order valence-corrected chi connectivity index (χ2v) is 4.05. The highest BCUT2D eigenvalue weighted by atomic mass is 16.5. The predicted molar refractivity (Wildman–Crippen MR) is 51.0 cm³/mol. The fraction of sp³-hybridized carbons (Fsp3) is 1.00. The molecule has 1 rings (SSSR count). The standard InChI is InChI=1S/C10H21NO/c1-8(2)9-4-5-10(12-3)11-7-6-9/h8-11H,4-7H2,1-3H3. The zero-order chi connectivity index (χ0) is 8.97. The second-order valence-electron chi connectivity index (χ2n) is 4.05. The van der Waals surface area contributed by atoms with Crippen molar-refractivity contribution in [2.24, 2.45) is 11.8 Å². The van der Waals surface area contributed by atoms with E-state index in [2.05, 4.69) is 19.2 Å². The molecule has 0 amide bonds. The third kappa shape index (κ3) is 2.76. The van der Waals surface area contributed by atoms with Crippen molar-refractivity contribution in [1.82, 2.24) is 5.32 Å². The van der Waals surface area contributed by atoms with Crippen LogP contribution < -0.4 is 5.32 Å². The zero-order valence-corrected chi connectivity index (χ0v) is 8.47. The molecule has 0 aliphatic carbocycles. The summed E-state index contributed by atoms with van der Waals surface area (Å²) in [6.07, 6.45) is 4.08. The Hall–Kier alpha value is -0.0800. The predicted octanol–water partition coefficient (Wildman–Crippen LogP) is 2.00. The van der Waals surface area contributed by atoms with E-state index in [1.54, 1.807) is 7.11 Å². The van der Waals surface area contributed by atoms with E-state index in [0.29, 0.717) is 6.23 Å². The van der Waals surface area contributed by atoms with Gasteiger partial charge in [-0.25, -0.2) is 0 Å². The Bertz CT molecular complexity index is 125. The Morgan fingerprint density at radius 1 is 1.25 bits per heavy atom. The third-order valence-corrected chi connectivity index (χ3v) is 2.91. The van der Waals surface area contributed by atoms with E-state index in [-0.39, 0.29) is 0 Å². The van der Waals surface area contributed by atoms with E-state index in [9.17, 15) is 0 Å². The first-order valence-corrected chi connectivity index (χ1v) is 5.00. The molecule has 1 aliphatic heterocycles. The Labute approximate surface area is 75.7 Å². The topological polar surface area (TPSA) is 21.3 Å². The van der Waals surface area contributed by atoms with Crippen LogP contribution in [-0.2, 0) is 4.74 Å². The van der Waals surface area contributed by atoms with Crippen LogP contribution in [0.4, 0.5) is 0 Å². The highest BCUT2D eigenvalue weighted by Crippen LogP contribution is 2.23. The van der Waals surface area contributed by atoms with Crippen LogP contribution in [0.3, 0.4) is 0 Å². The van der Waals surface area contributed by atoms with Crippen LogP contribution in [-0.4, -0.2) is 19.9 Å². The summed E-state index contributed by atoms with van der Waals surface area (Å²) in [5, 5.41) is 3.39. The first-order valence-electron chi connectivity index (χ1n) is 5.00. The van der Waals surface area contributed by atoms with Crippen LogP contribution in [0.5, 0.6) is 0 Å². The maximum absolute atomic E-state index is 5.29. The van der Waals surface area contributed by atoms with Crippen LogP contribution in [0.15, 0.2) is 0 Å². The molecule has 0 aromatic heterocycles. The first kappa shape index (κ1) is 10.0. The molecule has 0 saturated carbocycles. The van der Waals surface area contributed by atoms with E-state index in [4.69, 9.17) is 4.74 Å². The molecule has 1 aliphatic rings. The smallest absolute Gasteiger partial charge is 0.107 e. The van der Waals surface area contributed by atoms with Gasteiger partial charge in [0.15, 0.2) is 0 Å². The Morgan fingerprint density at radius 2 is 2.00 bits per heavy atom. The molecule has 0 bridgehead atoms. The lowest BCUT2D eigenvalue weighted by atomic mass is 9.89. The van der Waals surface area contributed by atoms with Crippen molar-refractivity contribution in [2.45, 2.75) is 39.3 Å². The van der Waals surface area contributed by atoms with Crippen molar-refractivity contribution in [2.75, 3.05) is 13.7 Å². The largest absolute Gasteiger partial charge is 0.367 e. The van der Waals surface area contributed by atoms with Crippen molar-refractivity contribution in [3.8, 4) is 0 Å². The quantitative estimate of drug-likeness (QED) is 0.686. The van der Waals surface area contributed by atoms with E-state index in [1.807, 2.05) is 0 Å². The number of hydrogen-bond acceptors (Lipinski definition) is 2. The molecule has 2 heteroatoms. The number of methoxy groups -OCH3 is 1. The van der Waals surface area contributed by atoms with Crippen molar-refractivity contribution >= 4 is 0 Å². The van der Waals surface area contributed by atoms with Crippen LogP contribution in [0.25, 0.3) is 0 Å². The maximum Gasteiger partial charge on any atom is 0.107 e. The minimum Gasteiger partial charge on any atom is -0.367 e. The summed E-state index contributed by atoms with van der Waals surface area (Å²) < 4.78 is 5.29. The van der Waals surface area contributed by atoms with E-state index < -0.39 is 0 Å². The lowest BCUT2D eigenvalue weighted by Crippen LogP contribution is -2.29. The second kappa shape index (κ2) is 4.83. The van der Waals surface area contributed by atoms with Gasteiger partial charge in [0.25, 0.3) is 0 Å². The minimum atomic E-state index is 0.300. The molecule has 0 radical (unpaired) electrons. The van der Waals surface area contributed by atoms with Gasteiger partial charge in [-0.15, -0.1) is 0 Å². The van der Waals surface area contributed by atoms with Gasteiger partial charge in [-0.1, -0.05) is 13.8 Å². The monoisotopic (exact) mass is 171 g/mol. The average Bonchev–Trinajstić information content (AvgIpc) is 2.28. The summed E-state index contributed by atoms with van der Waals surface area (Å²) in [6, 6.07) is 0. The fourth-order valence-electron chi connectivity index (χ4n) is 1.91. The van der Waals surface area contributed by atoms with E-state index in [1.165, 1.54) is 19.3 Å². The fourth-order valence-corrected chi connectivity index (χ4v) is 1.91. The molecule has 1 saturated heterocycles. The van der Waals surface area contributed by atoms with Crippen LogP contribution in [0.1, 0.15) is 33.1 Å². The van der Waals surface area contributed by atoms with Gasteiger partial charge < -0.3 is 4.74 Å². The molecule has 72 valence electrons. The molecule has 0 spiro atoms. The summed E-state index contributed by atoms with van der Waals surface area (Å²) in [6.45, 7) is 5.75. The number of hydrogen-bond donors (Lipinski definition) is 1. The van der Waals surface area contributed by atoms with Crippen molar-refractivity contribution in [1.29, 1.82) is 0 Å². The first-order chi connectivity index (χ1) is 5.74. The summed E-state index contributed by atoms with van der Waals surface area (Å²) >= 11 is 0. The molecule has 0 aromatic rings. The molecule has 1 fully saturated rings. The van der Waals surface area contributed by atoms with Gasteiger partial charge in [0, 0.05) is 7.11 Å². The van der Waals surface area contributed by atoms with Gasteiger partial charge >= 0.3 is 0 Å². The summed E-state index contributed by atoms with van der Waals surface area (Å²) in [7, 11) is 1.79. The molecule has 2 nitrogen and oxygen atoms in total. The molecular weight excluding hydrogens is 150 g/mol. The van der Waals surface area contributed by atoms with Crippen LogP contribution in [0, 0.1) is 11.8 Å². The maximum atomic E-state index is 5.29. The summed E-state index contributed by atoms with van der Waals surface area (Å²) in [5.41, 5.74) is 0. The molecule has 0 aromatic carbocycles. The molecule has 1 N–H and O–H groups in total. The zero-order valence-electron chi connectivity index (χ0n) is 8.47. The Balaban J connectivity index is 2.34. The SMILES string of the molecule is COC1CCC(C(C)C)CCN1. The van der Waals surface area contributed by atoms with Crippen LogP contribution >= 0.6 is 0 Å². The highest BCUT2D eigenvalue weighted by molar-refractivity contribution is 4.71. The van der Waals surface area contributed by atoms with Crippen LogP contribution in [0.2, 0.25) is 0 Å². The molecule has 2 unspecified atom stereocenters. The van der Waals surface area contributed by atoms with E-state index in [0.717, 1.165) is 18.4 Å². The molecule has 12 heavy (non-hydrogen) atoms. The number of nitrogens with one attached hydrogen (secondary N) is 1. The van der Waals surface area contributed by atoms with Crippen molar-refractivity contribution in [3.05, 3.63) is 0 Å². The van der Waals surface area contributed by atoms with Gasteiger partial charge in [-0.2, -0.15) is 0 Å². The minimum absolute atomic E-state index is 0.300. The van der Waals surface area contributed by atoms with Gasteiger partial charge in [-0.05, 0) is 37.6 Å². The number of ether oxygens (including phenoxy) is 1. The van der Waals surface area contributed by atoms with Gasteiger partial charge in [0.05, 0.1) is 0 Å². The highest BCUT2D eigenvalue weighted by Gasteiger charge is 2.19. The van der Waals surface area contributed by atoms with Gasteiger partial charge in [-0.3, -0.25) is 5.32 Å². The van der Waals surface area contributed by atoms with Crippen molar-refractivity contribution in [3.63, 3.8) is 0 Å². The van der Waals surface area contributed by atoms with Gasteiger partial charge in [0.1, 0.15) is 6.23 Å². The molecular formula is C10H21NO. The lowest BCUT2D eigenvalue weighted by molar-refractivity contribution is 0.0699. The average molecular weight is 171 g/mol. The molecule has 1 heterocycles. The van der Waals surface area contributed by atoms with E-state index >= 15 is 0 Å².